The number of nitrogens with one attached hydrogen (secondary N) is 1. The summed E-state index contributed by atoms with van der Waals surface area (Å²) in [6.45, 7) is 0. The van der Waals surface area contributed by atoms with Crippen LogP contribution in [0.3, 0.4) is 0 Å². The van der Waals surface area contributed by atoms with Gasteiger partial charge in [-0.15, -0.1) is 0 Å². The molecule has 0 bridgehead atoms. The van der Waals surface area contributed by atoms with Crippen LogP contribution in [0, 0.1) is 0 Å². The summed E-state index contributed by atoms with van der Waals surface area (Å²) in [7, 11) is 0. The molecule has 80 valence electrons. The smallest absolute Gasteiger partial charge is 0.240 e. The lowest BCUT2D eigenvalue weighted by molar-refractivity contribution is -0.116. The number of rotatable bonds is 1. The van der Waals surface area contributed by atoms with Crippen molar-refractivity contribution in [2.75, 3.05) is 0 Å². The fourth-order valence-corrected chi connectivity index (χ4v) is 0.995. The summed E-state index contributed by atoms with van der Waals surface area (Å²) in [4.78, 5) is 12.9. The Hall–Kier alpha value is -1.07. The van der Waals surface area contributed by atoms with Crippen LogP contribution < -0.4 is 5.73 Å². The minimum Gasteiger partial charge on any atom is -0.368 e. The van der Waals surface area contributed by atoms with E-state index in [2.05, 4.69) is 54.2 Å². The van der Waals surface area contributed by atoms with Gasteiger partial charge in [0.15, 0.2) is 0 Å². The molecule has 0 aliphatic rings. The maximum Gasteiger partial charge on any atom is 0.240 e. The van der Waals surface area contributed by atoms with Crippen LogP contribution in [0.4, 0.5) is 0 Å². The number of nitrogens with two attached hydrogens (primary N) is 1. The number of aromatic amines is 1. The Morgan fingerprint density at radius 1 is 1.27 bits per heavy atom. The van der Waals surface area contributed by atoms with Gasteiger partial charge in [-0.25, -0.2) is 0 Å². The molecule has 1 aromatic heterocycles. The number of carbonyl (C=O) groups is 1. The highest BCUT2D eigenvalue weighted by molar-refractivity contribution is 8.00. The van der Waals surface area contributed by atoms with E-state index in [-0.39, 0.29) is 0 Å². The molecule has 3 N–H and O–H groups in total. The van der Waals surface area contributed by atoms with Crippen molar-refractivity contribution in [1.29, 1.82) is 0 Å². The maximum atomic E-state index is 9.77. The van der Waals surface area contributed by atoms with E-state index in [9.17, 15) is 4.79 Å². The van der Waals surface area contributed by atoms with Crippen LogP contribution in [0.5, 0.6) is 0 Å². The Labute approximate surface area is 98.9 Å². The van der Waals surface area contributed by atoms with Gasteiger partial charge in [0.2, 0.25) is 5.91 Å². The summed E-state index contributed by atoms with van der Waals surface area (Å²) in [5, 5.41) is 1.28. The van der Waals surface area contributed by atoms with Crippen molar-refractivity contribution in [1.82, 2.24) is 4.98 Å². The molecule has 0 saturated heterocycles. The number of hydrogen-bond acceptors (Lipinski definition) is 3. The molecular weight excluding hydrogens is 228 g/mol. The third-order valence-electron chi connectivity index (χ3n) is 1.72. The predicted octanol–water partition coefficient (Wildman–Crippen LogP) is 1.83. The van der Waals surface area contributed by atoms with E-state index in [1.54, 1.807) is 0 Å². The molecule has 3 nitrogen and oxygen atoms in total. The monoisotopic (exact) mass is 240 g/mol. The van der Waals surface area contributed by atoms with E-state index >= 15 is 0 Å². The molecule has 15 heavy (non-hydrogen) atoms. The van der Waals surface area contributed by atoms with Crippen LogP contribution in [-0.2, 0) is 4.79 Å². The van der Waals surface area contributed by atoms with Crippen molar-refractivity contribution in [2.24, 2.45) is 5.73 Å². The third-order valence-corrected chi connectivity index (χ3v) is 2.23. The van der Waals surface area contributed by atoms with Crippen LogP contribution in [0.25, 0.3) is 10.9 Å². The average Bonchev–Trinajstić information content (AvgIpc) is 2.66. The fourth-order valence-electron chi connectivity index (χ4n) is 0.995. The third kappa shape index (κ3) is 3.89. The lowest BCUT2D eigenvalue weighted by atomic mass is 10.3. The second-order valence-electron chi connectivity index (χ2n) is 2.84. The van der Waals surface area contributed by atoms with E-state index in [1.165, 1.54) is 10.9 Å². The minimum atomic E-state index is -0.620. The van der Waals surface area contributed by atoms with Crippen molar-refractivity contribution >= 4 is 42.1 Å². The topological polar surface area (TPSA) is 58.9 Å². The summed E-state index contributed by atoms with van der Waals surface area (Å²) in [6, 6.07) is 10.3. The molecule has 0 unspecified atom stereocenters. The van der Waals surface area contributed by atoms with Crippen LogP contribution in [0.15, 0.2) is 36.5 Å². The van der Waals surface area contributed by atoms with Crippen molar-refractivity contribution < 1.29 is 4.79 Å². The van der Waals surface area contributed by atoms with Crippen LogP contribution >= 0.6 is 25.3 Å². The maximum absolute atomic E-state index is 9.77. The van der Waals surface area contributed by atoms with E-state index in [1.807, 2.05) is 18.3 Å². The molecule has 0 aliphatic carbocycles. The molecule has 1 heterocycles. The number of amides is 1. The molecule has 0 spiro atoms. The van der Waals surface area contributed by atoms with E-state index in [0.717, 1.165) is 0 Å². The SMILES string of the molecule is NC(=O)C(S)S.c1ccc2[nH]ccc2c1. The first-order chi connectivity index (χ1) is 7.11. The fraction of sp³-hybridized carbons (Fsp3) is 0.100. The van der Waals surface area contributed by atoms with Crippen molar-refractivity contribution in [2.45, 2.75) is 4.58 Å². The Balaban J connectivity index is 0.000000167. The van der Waals surface area contributed by atoms with Gasteiger partial charge in [0.05, 0.1) is 0 Å². The van der Waals surface area contributed by atoms with E-state index < -0.39 is 10.5 Å². The number of primary amides is 1. The molecule has 5 heteroatoms. The van der Waals surface area contributed by atoms with Gasteiger partial charge in [-0.05, 0) is 17.5 Å². The minimum absolute atomic E-state index is 0.512. The van der Waals surface area contributed by atoms with Gasteiger partial charge in [-0.3, -0.25) is 4.79 Å². The number of para-hydroxylation sites is 1. The number of H-pyrrole nitrogens is 1. The van der Waals surface area contributed by atoms with Crippen LogP contribution in [-0.4, -0.2) is 15.5 Å². The predicted molar refractivity (Wildman–Crippen MR) is 69.3 cm³/mol. The molecule has 0 radical (unpaired) electrons. The summed E-state index contributed by atoms with van der Waals surface area (Å²) in [6.07, 6.45) is 1.95. The normalized spacial score (nSPS) is 9.80. The summed E-state index contributed by atoms with van der Waals surface area (Å²) in [5.74, 6) is -0.512. The summed E-state index contributed by atoms with van der Waals surface area (Å²) >= 11 is 7.17. The highest BCUT2D eigenvalue weighted by Gasteiger charge is 1.98. The molecule has 0 atom stereocenters. The summed E-state index contributed by atoms with van der Waals surface area (Å²) < 4.78 is -0.620. The number of thiol groups is 2. The van der Waals surface area contributed by atoms with Gasteiger partial charge >= 0.3 is 0 Å². The molecule has 2 aromatic rings. The van der Waals surface area contributed by atoms with Gasteiger partial charge in [0, 0.05) is 11.7 Å². The van der Waals surface area contributed by atoms with E-state index in [0.29, 0.717) is 0 Å². The van der Waals surface area contributed by atoms with Gasteiger partial charge in [-0.1, -0.05) is 18.2 Å². The first-order valence-corrected chi connectivity index (χ1v) is 5.32. The number of aromatic nitrogens is 1. The van der Waals surface area contributed by atoms with Crippen molar-refractivity contribution in [3.05, 3.63) is 36.5 Å². The van der Waals surface area contributed by atoms with Gasteiger partial charge in [-0.2, -0.15) is 25.3 Å². The molecule has 2 rings (SSSR count). The molecule has 0 aliphatic heterocycles. The second-order valence-corrected chi connectivity index (χ2v) is 4.28. The zero-order chi connectivity index (χ0) is 11.3. The average molecular weight is 240 g/mol. The second kappa shape index (κ2) is 5.72. The lowest BCUT2D eigenvalue weighted by Gasteiger charge is -1.89. The van der Waals surface area contributed by atoms with Gasteiger partial charge in [0.25, 0.3) is 0 Å². The number of benzene rings is 1. The number of carbonyl (C=O) groups excluding carboxylic acids is 1. The summed E-state index contributed by atoms with van der Waals surface area (Å²) in [5.41, 5.74) is 5.85. The first kappa shape index (κ1) is 12.0. The molecular formula is C10H12N2OS2. The van der Waals surface area contributed by atoms with Crippen molar-refractivity contribution in [3.8, 4) is 0 Å². The Kier molecular flexibility index (Phi) is 4.58. The zero-order valence-corrected chi connectivity index (χ0v) is 9.71. The largest absolute Gasteiger partial charge is 0.368 e. The molecule has 1 aromatic carbocycles. The van der Waals surface area contributed by atoms with Crippen LogP contribution in [0.2, 0.25) is 0 Å². The van der Waals surface area contributed by atoms with E-state index in [4.69, 9.17) is 0 Å². The highest BCUT2D eigenvalue weighted by Crippen LogP contribution is 2.09. The highest BCUT2D eigenvalue weighted by atomic mass is 32.2. The number of hydrogen-bond donors (Lipinski definition) is 4. The molecule has 1 amide bonds. The first-order valence-electron chi connectivity index (χ1n) is 4.29. The standard InChI is InChI=1S/C8H7N.C2H5NOS2/c1-2-4-8-7(3-1)5-6-9-8;3-1(4)2(5)6/h1-6,9H;2,5-6H,(H2,3,4). The Morgan fingerprint density at radius 3 is 2.40 bits per heavy atom. The lowest BCUT2D eigenvalue weighted by Crippen LogP contribution is -2.18. The Bertz CT molecular complexity index is 409. The Morgan fingerprint density at radius 2 is 1.87 bits per heavy atom. The number of fused-ring (bicyclic) bond motifs is 1. The quantitative estimate of drug-likeness (QED) is 0.446. The molecule has 0 fully saturated rings. The molecule has 0 saturated carbocycles. The van der Waals surface area contributed by atoms with Gasteiger partial charge in [0.1, 0.15) is 4.58 Å². The van der Waals surface area contributed by atoms with Gasteiger partial charge < -0.3 is 10.7 Å². The van der Waals surface area contributed by atoms with Crippen LogP contribution in [0.1, 0.15) is 0 Å². The zero-order valence-electron chi connectivity index (χ0n) is 7.92. The van der Waals surface area contributed by atoms with Crippen molar-refractivity contribution in [3.63, 3.8) is 0 Å².